The minimum absolute atomic E-state index is 0. The molecule has 1 aliphatic rings. The number of hydrogen-bond acceptors (Lipinski definition) is 3. The molecule has 0 radical (unpaired) electrons. The van der Waals surface area contributed by atoms with E-state index in [-0.39, 0.29) is 29.5 Å². The van der Waals surface area contributed by atoms with Crippen molar-refractivity contribution in [2.24, 2.45) is 4.99 Å². The molecule has 118 valence electrons. The Kier molecular flexibility index (Phi) is 10.2. The van der Waals surface area contributed by atoms with Crippen LogP contribution < -0.4 is 10.6 Å². The van der Waals surface area contributed by atoms with Crippen molar-refractivity contribution in [3.8, 4) is 0 Å². The van der Waals surface area contributed by atoms with Crippen LogP contribution in [0.3, 0.4) is 0 Å². The molecule has 1 heterocycles. The topological polar surface area (TPSA) is 48.9 Å². The standard InChI is InChI=1S/C14H28N4O.HI/c1-5-7-16-13(15-6-2)17-12-14(3,4)18-8-10-19-11-9-18;/h5H,1,6-12H2,2-4H3,(H2,15,16,17);1H. The van der Waals surface area contributed by atoms with E-state index in [0.717, 1.165) is 51.9 Å². The smallest absolute Gasteiger partial charge is 0.191 e. The third kappa shape index (κ3) is 6.90. The van der Waals surface area contributed by atoms with Gasteiger partial charge in [-0.3, -0.25) is 9.89 Å². The lowest BCUT2D eigenvalue weighted by molar-refractivity contribution is -0.00683. The van der Waals surface area contributed by atoms with Crippen molar-refractivity contribution in [1.82, 2.24) is 15.5 Å². The van der Waals surface area contributed by atoms with Gasteiger partial charge < -0.3 is 15.4 Å². The van der Waals surface area contributed by atoms with E-state index in [9.17, 15) is 0 Å². The van der Waals surface area contributed by atoms with Crippen LogP contribution in [0.2, 0.25) is 0 Å². The molecule has 0 aromatic heterocycles. The molecule has 0 aliphatic carbocycles. The fourth-order valence-electron chi connectivity index (χ4n) is 2.05. The summed E-state index contributed by atoms with van der Waals surface area (Å²) >= 11 is 0. The van der Waals surface area contributed by atoms with E-state index in [0.29, 0.717) is 0 Å². The quantitative estimate of drug-likeness (QED) is 0.309. The van der Waals surface area contributed by atoms with Crippen molar-refractivity contribution in [3.05, 3.63) is 12.7 Å². The van der Waals surface area contributed by atoms with Gasteiger partial charge in [-0.1, -0.05) is 6.08 Å². The summed E-state index contributed by atoms with van der Waals surface area (Å²) in [7, 11) is 0. The van der Waals surface area contributed by atoms with Gasteiger partial charge in [0.25, 0.3) is 0 Å². The van der Waals surface area contributed by atoms with Crippen LogP contribution >= 0.6 is 24.0 Å². The summed E-state index contributed by atoms with van der Waals surface area (Å²) in [6.45, 7) is 16.2. The molecule has 0 unspecified atom stereocenters. The first-order valence-corrected chi connectivity index (χ1v) is 7.06. The molecule has 0 atom stereocenters. The zero-order valence-corrected chi connectivity index (χ0v) is 15.3. The highest BCUT2D eigenvalue weighted by molar-refractivity contribution is 14.0. The maximum Gasteiger partial charge on any atom is 0.191 e. The molecule has 1 saturated heterocycles. The number of aliphatic imine (C=N–C) groups is 1. The van der Waals surface area contributed by atoms with Crippen LogP contribution in [0, 0.1) is 0 Å². The van der Waals surface area contributed by atoms with E-state index >= 15 is 0 Å². The molecule has 1 rings (SSSR count). The number of guanidine groups is 1. The third-order valence-corrected chi connectivity index (χ3v) is 3.25. The van der Waals surface area contributed by atoms with Crippen LogP contribution in [0.4, 0.5) is 0 Å². The lowest BCUT2D eigenvalue weighted by Gasteiger charge is -2.39. The summed E-state index contributed by atoms with van der Waals surface area (Å²) in [5.41, 5.74) is 0.0559. The first-order valence-electron chi connectivity index (χ1n) is 7.06. The molecule has 0 aromatic rings. The number of ether oxygens (including phenoxy) is 1. The average Bonchev–Trinajstić information content (AvgIpc) is 2.43. The summed E-state index contributed by atoms with van der Waals surface area (Å²) in [4.78, 5) is 7.10. The zero-order valence-electron chi connectivity index (χ0n) is 12.9. The number of halogens is 1. The van der Waals surface area contributed by atoms with Crippen molar-refractivity contribution in [2.45, 2.75) is 26.3 Å². The second-order valence-corrected chi connectivity index (χ2v) is 5.28. The third-order valence-electron chi connectivity index (χ3n) is 3.25. The molecule has 0 spiro atoms. The average molecular weight is 396 g/mol. The van der Waals surface area contributed by atoms with E-state index in [1.165, 1.54) is 0 Å². The fourth-order valence-corrected chi connectivity index (χ4v) is 2.05. The molecule has 0 bridgehead atoms. The Morgan fingerprint density at radius 1 is 1.35 bits per heavy atom. The molecule has 1 aliphatic heterocycles. The summed E-state index contributed by atoms with van der Waals surface area (Å²) in [5, 5.41) is 6.46. The van der Waals surface area contributed by atoms with Crippen molar-refractivity contribution < 1.29 is 4.74 Å². The number of nitrogens with zero attached hydrogens (tertiary/aromatic N) is 2. The van der Waals surface area contributed by atoms with Gasteiger partial charge in [0.1, 0.15) is 0 Å². The lowest BCUT2D eigenvalue weighted by atomic mass is 10.0. The van der Waals surface area contributed by atoms with Crippen LogP contribution in [0.25, 0.3) is 0 Å². The van der Waals surface area contributed by atoms with E-state index in [1.807, 2.05) is 6.08 Å². The van der Waals surface area contributed by atoms with Crippen molar-refractivity contribution >= 4 is 29.9 Å². The molecule has 20 heavy (non-hydrogen) atoms. The number of nitrogens with one attached hydrogen (secondary N) is 2. The largest absolute Gasteiger partial charge is 0.379 e. The van der Waals surface area contributed by atoms with Crippen LogP contribution in [-0.4, -0.2) is 62.3 Å². The van der Waals surface area contributed by atoms with Crippen LogP contribution in [0.5, 0.6) is 0 Å². The monoisotopic (exact) mass is 396 g/mol. The van der Waals surface area contributed by atoms with E-state index in [1.54, 1.807) is 0 Å². The zero-order chi connectivity index (χ0) is 14.1. The van der Waals surface area contributed by atoms with Gasteiger partial charge >= 0.3 is 0 Å². The van der Waals surface area contributed by atoms with Gasteiger partial charge in [0, 0.05) is 31.7 Å². The normalized spacial score (nSPS) is 17.2. The first kappa shape index (κ1) is 19.7. The van der Waals surface area contributed by atoms with Crippen LogP contribution in [0.1, 0.15) is 20.8 Å². The minimum atomic E-state index is 0. The Labute approximate surface area is 140 Å². The number of morpholine rings is 1. The second-order valence-electron chi connectivity index (χ2n) is 5.28. The molecule has 0 aromatic carbocycles. The number of rotatable bonds is 6. The Hall–Kier alpha value is -0.340. The van der Waals surface area contributed by atoms with Crippen LogP contribution in [0.15, 0.2) is 17.6 Å². The molecule has 0 saturated carbocycles. The van der Waals surface area contributed by atoms with E-state index < -0.39 is 0 Å². The molecular weight excluding hydrogens is 367 g/mol. The van der Waals surface area contributed by atoms with Crippen LogP contribution in [-0.2, 0) is 4.74 Å². The minimum Gasteiger partial charge on any atom is -0.379 e. The summed E-state index contributed by atoms with van der Waals surface area (Å²) in [6.07, 6.45) is 1.83. The molecule has 0 amide bonds. The molecular formula is C14H29IN4O. The summed E-state index contributed by atoms with van der Waals surface area (Å²) in [5.74, 6) is 0.851. The number of hydrogen-bond donors (Lipinski definition) is 2. The molecule has 5 nitrogen and oxygen atoms in total. The van der Waals surface area contributed by atoms with Crippen molar-refractivity contribution in [2.75, 3.05) is 45.9 Å². The van der Waals surface area contributed by atoms with Gasteiger partial charge in [0.15, 0.2) is 5.96 Å². The molecule has 2 N–H and O–H groups in total. The summed E-state index contributed by atoms with van der Waals surface area (Å²) < 4.78 is 5.40. The molecule has 6 heteroatoms. The molecule has 1 fully saturated rings. The highest BCUT2D eigenvalue weighted by Gasteiger charge is 2.27. The second kappa shape index (κ2) is 10.4. The highest BCUT2D eigenvalue weighted by atomic mass is 127. The SMILES string of the molecule is C=CCNC(=NCC(C)(C)N1CCOCC1)NCC.I. The predicted molar refractivity (Wildman–Crippen MR) is 96.1 cm³/mol. The maximum absolute atomic E-state index is 5.40. The van der Waals surface area contributed by atoms with E-state index in [2.05, 4.69) is 47.9 Å². The Morgan fingerprint density at radius 2 is 2.00 bits per heavy atom. The van der Waals surface area contributed by atoms with Crippen molar-refractivity contribution in [1.29, 1.82) is 0 Å². The van der Waals surface area contributed by atoms with Gasteiger partial charge in [0.2, 0.25) is 0 Å². The van der Waals surface area contributed by atoms with Gasteiger partial charge in [-0.2, -0.15) is 0 Å². The van der Waals surface area contributed by atoms with Crippen molar-refractivity contribution in [3.63, 3.8) is 0 Å². The summed E-state index contributed by atoms with van der Waals surface area (Å²) in [6, 6.07) is 0. The Morgan fingerprint density at radius 3 is 2.55 bits per heavy atom. The van der Waals surface area contributed by atoms with Gasteiger partial charge in [-0.05, 0) is 20.8 Å². The lowest BCUT2D eigenvalue weighted by Crippen LogP contribution is -2.52. The van der Waals surface area contributed by atoms with Gasteiger partial charge in [-0.15, -0.1) is 30.6 Å². The predicted octanol–water partition coefficient (Wildman–Crippen LogP) is 1.46. The van der Waals surface area contributed by atoms with E-state index in [4.69, 9.17) is 4.74 Å². The maximum atomic E-state index is 5.40. The highest BCUT2D eigenvalue weighted by Crippen LogP contribution is 2.16. The fraction of sp³-hybridized carbons (Fsp3) is 0.786. The van der Waals surface area contributed by atoms with Gasteiger partial charge in [0.05, 0.1) is 19.8 Å². The Bertz CT molecular complexity index is 302. The van der Waals surface area contributed by atoms with Gasteiger partial charge in [-0.25, -0.2) is 0 Å². The Balaban J connectivity index is 0.00000361. The first-order chi connectivity index (χ1) is 9.10.